The van der Waals surface area contributed by atoms with Crippen molar-refractivity contribution in [3.05, 3.63) is 70.9 Å². The number of anilines is 1. The number of nitrogens with zero attached hydrogens (tertiary/aromatic N) is 4. The number of carbonyl (C=O) groups excluding carboxylic acids is 1. The van der Waals surface area contributed by atoms with Gasteiger partial charge in [-0.2, -0.15) is 10.2 Å². The maximum absolute atomic E-state index is 13.7. The zero-order chi connectivity index (χ0) is 18.5. The van der Waals surface area contributed by atoms with Crippen molar-refractivity contribution in [3.63, 3.8) is 0 Å². The Balaban J connectivity index is 1.65. The summed E-state index contributed by atoms with van der Waals surface area (Å²) in [6.45, 7) is 2.95. The van der Waals surface area contributed by atoms with Crippen molar-refractivity contribution in [1.29, 1.82) is 0 Å². The van der Waals surface area contributed by atoms with Crippen LogP contribution in [0.1, 0.15) is 18.1 Å². The number of aryl methyl sites for hydroxylation is 1. The summed E-state index contributed by atoms with van der Waals surface area (Å²) < 4.78 is 17.0. The molecule has 0 unspecified atom stereocenters. The molecule has 6 nitrogen and oxygen atoms in total. The molecule has 0 atom stereocenters. The van der Waals surface area contributed by atoms with E-state index in [1.54, 1.807) is 41.4 Å². The second-order valence-electron chi connectivity index (χ2n) is 5.57. The summed E-state index contributed by atoms with van der Waals surface area (Å²) in [4.78, 5) is 12.0. The third-order valence-electron chi connectivity index (χ3n) is 3.65. The molecule has 134 valence electrons. The summed E-state index contributed by atoms with van der Waals surface area (Å²) in [5, 5.41) is 11.2. The van der Waals surface area contributed by atoms with Crippen molar-refractivity contribution in [2.24, 2.45) is 0 Å². The summed E-state index contributed by atoms with van der Waals surface area (Å²) >= 11 is 6.11. The van der Waals surface area contributed by atoms with E-state index in [-0.39, 0.29) is 29.1 Å². The summed E-state index contributed by atoms with van der Waals surface area (Å²) in [6, 6.07) is 6.42. The summed E-state index contributed by atoms with van der Waals surface area (Å²) in [5.74, 6) is -0.463. The molecule has 0 aliphatic carbocycles. The van der Waals surface area contributed by atoms with E-state index in [0.717, 1.165) is 12.1 Å². The van der Waals surface area contributed by atoms with Crippen LogP contribution in [0, 0.1) is 5.82 Å². The van der Waals surface area contributed by atoms with E-state index in [9.17, 15) is 9.18 Å². The molecular weight excluding hydrogens is 357 g/mol. The average molecular weight is 374 g/mol. The van der Waals surface area contributed by atoms with Gasteiger partial charge in [0.05, 0.1) is 12.7 Å². The Hall–Kier alpha value is -2.93. The molecule has 3 rings (SSSR count). The third kappa shape index (κ3) is 4.37. The summed E-state index contributed by atoms with van der Waals surface area (Å²) in [5.41, 5.74) is 1.30. The zero-order valence-electron chi connectivity index (χ0n) is 14.1. The Morgan fingerprint density at radius 1 is 1.31 bits per heavy atom. The fourth-order valence-electron chi connectivity index (χ4n) is 2.33. The molecule has 0 fully saturated rings. The van der Waals surface area contributed by atoms with Crippen LogP contribution in [0.25, 0.3) is 6.08 Å². The molecule has 0 radical (unpaired) electrons. The lowest BCUT2D eigenvalue weighted by Gasteiger charge is -2.03. The van der Waals surface area contributed by atoms with Crippen LogP contribution in [0.5, 0.6) is 0 Å². The highest BCUT2D eigenvalue weighted by Crippen LogP contribution is 2.20. The molecule has 0 aliphatic heterocycles. The molecule has 0 aliphatic rings. The number of benzene rings is 1. The van der Waals surface area contributed by atoms with Gasteiger partial charge in [0.1, 0.15) is 10.8 Å². The van der Waals surface area contributed by atoms with Gasteiger partial charge in [0.25, 0.3) is 0 Å². The summed E-state index contributed by atoms with van der Waals surface area (Å²) in [7, 11) is 0. The van der Waals surface area contributed by atoms with Gasteiger partial charge in [-0.1, -0.05) is 29.8 Å². The predicted molar refractivity (Wildman–Crippen MR) is 98.3 cm³/mol. The normalized spacial score (nSPS) is 11.2. The molecule has 1 N–H and O–H groups in total. The number of halogens is 2. The predicted octanol–water partition coefficient (Wildman–Crippen LogP) is 3.59. The van der Waals surface area contributed by atoms with Gasteiger partial charge in [-0.25, -0.2) is 4.39 Å². The molecule has 0 spiro atoms. The van der Waals surface area contributed by atoms with Crippen molar-refractivity contribution in [1.82, 2.24) is 19.6 Å². The van der Waals surface area contributed by atoms with Crippen LogP contribution in [-0.2, 0) is 17.9 Å². The van der Waals surface area contributed by atoms with Crippen molar-refractivity contribution < 1.29 is 9.18 Å². The number of hydrogen-bond acceptors (Lipinski definition) is 3. The second-order valence-corrected chi connectivity index (χ2v) is 5.97. The monoisotopic (exact) mass is 373 g/mol. The SMILES string of the molecule is CCn1cc(/C=C/C(=O)Nc2nn(Cc3ccccc3F)cc2Cl)cn1. The van der Waals surface area contributed by atoms with E-state index in [4.69, 9.17) is 11.6 Å². The lowest BCUT2D eigenvalue weighted by Crippen LogP contribution is -2.10. The van der Waals surface area contributed by atoms with Gasteiger partial charge in [0.15, 0.2) is 5.82 Å². The maximum atomic E-state index is 13.7. The van der Waals surface area contributed by atoms with Gasteiger partial charge in [-0.05, 0) is 19.1 Å². The molecular formula is C18H17ClFN5O. The van der Waals surface area contributed by atoms with Crippen LogP contribution in [-0.4, -0.2) is 25.5 Å². The van der Waals surface area contributed by atoms with Crippen LogP contribution < -0.4 is 5.32 Å². The van der Waals surface area contributed by atoms with Gasteiger partial charge in [0.2, 0.25) is 5.91 Å². The molecule has 26 heavy (non-hydrogen) atoms. The number of carbonyl (C=O) groups is 1. The first-order chi connectivity index (χ1) is 12.5. The van der Waals surface area contributed by atoms with Crippen molar-refractivity contribution in [2.45, 2.75) is 20.0 Å². The van der Waals surface area contributed by atoms with Crippen molar-refractivity contribution in [3.8, 4) is 0 Å². The van der Waals surface area contributed by atoms with E-state index < -0.39 is 0 Å². The number of aromatic nitrogens is 4. The van der Waals surface area contributed by atoms with Crippen molar-refractivity contribution in [2.75, 3.05) is 5.32 Å². The molecule has 8 heteroatoms. The number of amides is 1. The van der Waals surface area contributed by atoms with E-state index >= 15 is 0 Å². The minimum Gasteiger partial charge on any atom is -0.304 e. The lowest BCUT2D eigenvalue weighted by atomic mass is 10.2. The Labute approximate surface area is 154 Å². The number of rotatable bonds is 6. The van der Waals surface area contributed by atoms with Crippen molar-refractivity contribution >= 4 is 29.4 Å². The Morgan fingerprint density at radius 3 is 2.85 bits per heavy atom. The molecule has 1 amide bonds. The Kier molecular flexibility index (Phi) is 5.48. The Bertz CT molecular complexity index is 947. The fraction of sp³-hybridized carbons (Fsp3) is 0.167. The maximum Gasteiger partial charge on any atom is 0.249 e. The largest absolute Gasteiger partial charge is 0.304 e. The molecule has 2 aromatic heterocycles. The molecule has 0 saturated carbocycles. The fourth-order valence-corrected chi connectivity index (χ4v) is 2.53. The highest BCUT2D eigenvalue weighted by molar-refractivity contribution is 6.33. The first kappa shape index (κ1) is 17.9. The van der Waals surface area contributed by atoms with Crippen LogP contribution in [0.3, 0.4) is 0 Å². The second kappa shape index (κ2) is 7.97. The van der Waals surface area contributed by atoms with Crippen LogP contribution >= 0.6 is 11.6 Å². The van der Waals surface area contributed by atoms with E-state index in [1.807, 2.05) is 13.1 Å². The highest BCUT2D eigenvalue weighted by Gasteiger charge is 2.10. The standard InChI is InChI=1S/C18H17ClFN5O/c1-2-24-10-13(9-21-24)7-8-17(26)22-18-15(19)12-25(23-18)11-14-5-3-4-6-16(14)20/h3-10,12H,2,11H2,1H3,(H,22,23,26)/b8-7+. The van der Waals surface area contributed by atoms with Crippen LogP contribution in [0.2, 0.25) is 5.02 Å². The first-order valence-corrected chi connectivity index (χ1v) is 8.41. The highest BCUT2D eigenvalue weighted by atomic mass is 35.5. The average Bonchev–Trinajstić information content (AvgIpc) is 3.22. The van der Waals surface area contributed by atoms with Gasteiger partial charge in [0, 0.05) is 36.1 Å². The number of nitrogens with one attached hydrogen (secondary N) is 1. The molecule has 1 aromatic carbocycles. The molecule has 0 saturated heterocycles. The Morgan fingerprint density at radius 2 is 2.12 bits per heavy atom. The quantitative estimate of drug-likeness (QED) is 0.671. The van der Waals surface area contributed by atoms with E-state index in [2.05, 4.69) is 15.5 Å². The first-order valence-electron chi connectivity index (χ1n) is 8.03. The van der Waals surface area contributed by atoms with E-state index in [0.29, 0.717) is 5.56 Å². The minimum atomic E-state index is -0.368. The number of hydrogen-bond donors (Lipinski definition) is 1. The molecule has 3 aromatic rings. The van der Waals surface area contributed by atoms with Gasteiger partial charge < -0.3 is 5.32 Å². The van der Waals surface area contributed by atoms with Crippen LogP contribution in [0.15, 0.2) is 48.9 Å². The zero-order valence-corrected chi connectivity index (χ0v) is 14.8. The van der Waals surface area contributed by atoms with Gasteiger partial charge in [-0.3, -0.25) is 14.2 Å². The third-order valence-corrected chi connectivity index (χ3v) is 3.93. The topological polar surface area (TPSA) is 64.7 Å². The molecule has 2 heterocycles. The van der Waals surface area contributed by atoms with E-state index in [1.165, 1.54) is 16.8 Å². The van der Waals surface area contributed by atoms with Gasteiger partial charge in [-0.15, -0.1) is 0 Å². The minimum absolute atomic E-state index is 0.217. The lowest BCUT2D eigenvalue weighted by molar-refractivity contribution is -0.111. The van der Waals surface area contributed by atoms with Crippen LogP contribution in [0.4, 0.5) is 10.2 Å². The smallest absolute Gasteiger partial charge is 0.249 e. The molecule has 0 bridgehead atoms. The summed E-state index contributed by atoms with van der Waals surface area (Å²) in [6.07, 6.45) is 8.07. The van der Waals surface area contributed by atoms with Gasteiger partial charge >= 0.3 is 0 Å².